The minimum absolute atomic E-state index is 0.148. The SMILES string of the molecule is CCOc1ccc(-c2coc3c(C)c(OCC)c(/C(C)=C/C(=O)NCc4ccccc4)cc23)cc1. The third kappa shape index (κ3) is 5.40. The van der Waals surface area contributed by atoms with E-state index in [-0.39, 0.29) is 5.91 Å². The van der Waals surface area contributed by atoms with Gasteiger partial charge in [0.2, 0.25) is 5.91 Å². The van der Waals surface area contributed by atoms with Crippen LogP contribution in [0.4, 0.5) is 0 Å². The highest BCUT2D eigenvalue weighted by Gasteiger charge is 2.19. The number of ether oxygens (including phenoxy) is 2. The average Bonchev–Trinajstić information content (AvgIpc) is 3.30. The molecular formula is C30H31NO4. The molecule has 1 aromatic heterocycles. The minimum atomic E-state index is -0.148. The van der Waals surface area contributed by atoms with Crippen molar-refractivity contribution in [3.8, 4) is 22.6 Å². The number of fused-ring (bicyclic) bond motifs is 1. The lowest BCUT2D eigenvalue weighted by atomic mass is 9.96. The van der Waals surface area contributed by atoms with Gasteiger partial charge in [-0.05, 0) is 62.6 Å². The average molecular weight is 470 g/mol. The third-order valence-corrected chi connectivity index (χ3v) is 5.89. The van der Waals surface area contributed by atoms with E-state index in [9.17, 15) is 4.79 Å². The van der Waals surface area contributed by atoms with Crippen LogP contribution in [-0.4, -0.2) is 19.1 Å². The first-order valence-electron chi connectivity index (χ1n) is 11.9. The monoisotopic (exact) mass is 469 g/mol. The van der Waals surface area contributed by atoms with Gasteiger partial charge >= 0.3 is 0 Å². The first kappa shape index (κ1) is 24.1. The van der Waals surface area contributed by atoms with Crippen molar-refractivity contribution >= 4 is 22.4 Å². The Kier molecular flexibility index (Phi) is 7.56. The maximum absolute atomic E-state index is 12.7. The van der Waals surface area contributed by atoms with Gasteiger partial charge in [0.25, 0.3) is 0 Å². The Morgan fingerprint density at radius 3 is 2.40 bits per heavy atom. The number of amides is 1. The molecule has 0 aliphatic heterocycles. The van der Waals surface area contributed by atoms with E-state index in [1.165, 1.54) is 0 Å². The summed E-state index contributed by atoms with van der Waals surface area (Å²) < 4.78 is 17.6. The second kappa shape index (κ2) is 11.0. The Morgan fingerprint density at radius 2 is 1.71 bits per heavy atom. The molecule has 0 aliphatic carbocycles. The van der Waals surface area contributed by atoms with E-state index in [1.807, 2.05) is 82.3 Å². The number of rotatable bonds is 9. The predicted octanol–water partition coefficient (Wildman–Crippen LogP) is 6.93. The smallest absolute Gasteiger partial charge is 0.244 e. The minimum Gasteiger partial charge on any atom is -0.494 e. The molecule has 1 heterocycles. The lowest BCUT2D eigenvalue weighted by Gasteiger charge is -2.15. The summed E-state index contributed by atoms with van der Waals surface area (Å²) in [5, 5.41) is 3.94. The Bertz CT molecular complexity index is 1330. The van der Waals surface area contributed by atoms with E-state index < -0.39 is 0 Å². The normalized spacial score (nSPS) is 11.5. The van der Waals surface area contributed by atoms with Gasteiger partial charge in [-0.2, -0.15) is 0 Å². The molecule has 5 nitrogen and oxygen atoms in total. The summed E-state index contributed by atoms with van der Waals surface area (Å²) in [6.07, 6.45) is 3.40. The van der Waals surface area contributed by atoms with Gasteiger partial charge < -0.3 is 19.2 Å². The number of carbonyl (C=O) groups is 1. The lowest BCUT2D eigenvalue weighted by molar-refractivity contribution is -0.116. The summed E-state index contributed by atoms with van der Waals surface area (Å²) in [5.41, 5.74) is 6.46. The number of aryl methyl sites for hydroxylation is 1. The molecule has 180 valence electrons. The molecule has 0 fully saturated rings. The number of hydrogen-bond donors (Lipinski definition) is 1. The number of allylic oxidation sites excluding steroid dienone is 1. The van der Waals surface area contributed by atoms with E-state index in [0.29, 0.717) is 19.8 Å². The summed E-state index contributed by atoms with van der Waals surface area (Å²) in [7, 11) is 0. The number of furan rings is 1. The maximum Gasteiger partial charge on any atom is 0.244 e. The van der Waals surface area contributed by atoms with E-state index >= 15 is 0 Å². The van der Waals surface area contributed by atoms with Crippen molar-refractivity contribution in [2.75, 3.05) is 13.2 Å². The van der Waals surface area contributed by atoms with Crippen LogP contribution in [-0.2, 0) is 11.3 Å². The van der Waals surface area contributed by atoms with Gasteiger partial charge in [-0.3, -0.25) is 4.79 Å². The van der Waals surface area contributed by atoms with Crippen molar-refractivity contribution in [3.63, 3.8) is 0 Å². The molecule has 1 amide bonds. The summed E-state index contributed by atoms with van der Waals surface area (Å²) in [6.45, 7) is 9.46. The van der Waals surface area contributed by atoms with E-state index in [4.69, 9.17) is 13.9 Å². The summed E-state index contributed by atoms with van der Waals surface area (Å²) >= 11 is 0. The second-order valence-electron chi connectivity index (χ2n) is 8.33. The van der Waals surface area contributed by atoms with Crippen LogP contribution >= 0.6 is 0 Å². The fourth-order valence-electron chi connectivity index (χ4n) is 4.17. The molecule has 0 bridgehead atoms. The van der Waals surface area contributed by atoms with Crippen LogP contribution in [0.25, 0.3) is 27.7 Å². The van der Waals surface area contributed by atoms with Crippen LogP contribution in [0.15, 0.2) is 77.4 Å². The first-order chi connectivity index (χ1) is 17.0. The van der Waals surface area contributed by atoms with Gasteiger partial charge in [0.1, 0.15) is 17.1 Å². The molecule has 0 unspecified atom stereocenters. The van der Waals surface area contributed by atoms with Crippen molar-refractivity contribution in [3.05, 3.63) is 89.7 Å². The van der Waals surface area contributed by atoms with Gasteiger partial charge in [-0.15, -0.1) is 0 Å². The Labute approximate surface area is 206 Å². The molecule has 4 aromatic rings. The van der Waals surface area contributed by atoms with Crippen molar-refractivity contribution < 1.29 is 18.7 Å². The van der Waals surface area contributed by atoms with Crippen molar-refractivity contribution in [1.29, 1.82) is 0 Å². The molecule has 0 aliphatic rings. The van der Waals surface area contributed by atoms with E-state index in [2.05, 4.69) is 11.4 Å². The zero-order valence-corrected chi connectivity index (χ0v) is 20.7. The molecule has 0 radical (unpaired) electrons. The molecule has 0 spiro atoms. The van der Waals surface area contributed by atoms with Crippen LogP contribution in [0.5, 0.6) is 11.5 Å². The Morgan fingerprint density at radius 1 is 1.00 bits per heavy atom. The van der Waals surface area contributed by atoms with Gasteiger partial charge in [-0.1, -0.05) is 42.5 Å². The quantitative estimate of drug-likeness (QED) is 0.270. The summed E-state index contributed by atoms with van der Waals surface area (Å²) in [4.78, 5) is 12.7. The molecule has 5 heteroatoms. The fourth-order valence-corrected chi connectivity index (χ4v) is 4.17. The van der Waals surface area contributed by atoms with Crippen molar-refractivity contribution in [2.45, 2.75) is 34.2 Å². The summed E-state index contributed by atoms with van der Waals surface area (Å²) in [6, 6.07) is 19.9. The van der Waals surface area contributed by atoms with Crippen LogP contribution < -0.4 is 14.8 Å². The fraction of sp³-hybridized carbons (Fsp3) is 0.233. The molecule has 0 saturated heterocycles. The first-order valence-corrected chi connectivity index (χ1v) is 11.9. The number of hydrogen-bond acceptors (Lipinski definition) is 4. The molecule has 35 heavy (non-hydrogen) atoms. The zero-order chi connectivity index (χ0) is 24.8. The molecule has 1 N–H and O–H groups in total. The van der Waals surface area contributed by atoms with Gasteiger partial charge in [0.05, 0.1) is 19.5 Å². The molecular weight excluding hydrogens is 438 g/mol. The molecule has 0 saturated carbocycles. The van der Waals surface area contributed by atoms with Crippen LogP contribution in [0.3, 0.4) is 0 Å². The van der Waals surface area contributed by atoms with Crippen molar-refractivity contribution in [1.82, 2.24) is 5.32 Å². The highest BCUT2D eigenvalue weighted by Crippen LogP contribution is 2.41. The standard InChI is InChI=1S/C30H31NO4/c1-5-33-24-14-12-23(13-15-24)27-19-35-30-21(4)29(34-6-2)25(17-26(27)30)20(3)16-28(32)31-18-22-10-8-7-9-11-22/h7-17,19H,5-6,18H2,1-4H3,(H,31,32)/b20-16+. The maximum atomic E-state index is 12.7. The van der Waals surface area contributed by atoms with E-state index in [1.54, 1.807) is 12.3 Å². The van der Waals surface area contributed by atoms with Gasteiger partial charge in [0, 0.05) is 34.7 Å². The Hall–Kier alpha value is -3.99. The highest BCUT2D eigenvalue weighted by molar-refractivity contribution is 6.01. The second-order valence-corrected chi connectivity index (χ2v) is 8.33. The van der Waals surface area contributed by atoms with Crippen LogP contribution in [0.1, 0.15) is 37.5 Å². The molecule has 4 rings (SSSR count). The van der Waals surface area contributed by atoms with Crippen LogP contribution in [0, 0.1) is 6.92 Å². The van der Waals surface area contributed by atoms with Crippen molar-refractivity contribution in [2.24, 2.45) is 0 Å². The van der Waals surface area contributed by atoms with Gasteiger partial charge in [-0.25, -0.2) is 0 Å². The zero-order valence-electron chi connectivity index (χ0n) is 20.7. The van der Waals surface area contributed by atoms with Gasteiger partial charge in [0.15, 0.2) is 0 Å². The topological polar surface area (TPSA) is 60.7 Å². The largest absolute Gasteiger partial charge is 0.494 e. The molecule has 0 atom stereocenters. The Balaban J connectivity index is 1.70. The summed E-state index contributed by atoms with van der Waals surface area (Å²) in [5.74, 6) is 1.42. The van der Waals surface area contributed by atoms with E-state index in [0.717, 1.165) is 55.9 Å². The number of nitrogens with one attached hydrogen (secondary N) is 1. The highest BCUT2D eigenvalue weighted by atomic mass is 16.5. The number of benzene rings is 3. The predicted molar refractivity (Wildman–Crippen MR) is 141 cm³/mol. The van der Waals surface area contributed by atoms with Crippen LogP contribution in [0.2, 0.25) is 0 Å². The number of carbonyl (C=O) groups excluding carboxylic acids is 1. The third-order valence-electron chi connectivity index (χ3n) is 5.89. The lowest BCUT2D eigenvalue weighted by Crippen LogP contribution is -2.20. The molecule has 3 aromatic carbocycles.